The minimum Gasteiger partial charge on any atom is -0.479 e. The van der Waals surface area contributed by atoms with Crippen LogP contribution in [0.15, 0.2) is 36.5 Å². The number of rotatable bonds is 4. The van der Waals surface area contributed by atoms with Gasteiger partial charge in [-0.05, 0) is 42.2 Å². The fraction of sp³-hybridized carbons (Fsp3) is 0.294. The van der Waals surface area contributed by atoms with Gasteiger partial charge in [0.1, 0.15) is 12.4 Å². The summed E-state index contributed by atoms with van der Waals surface area (Å²) in [6.45, 7) is 1.83. The number of aromatic nitrogens is 1. The van der Waals surface area contributed by atoms with Gasteiger partial charge in [-0.1, -0.05) is 19.1 Å². The molecular formula is C17H17FN2O3. The predicted molar refractivity (Wildman–Crippen MR) is 83.2 cm³/mol. The van der Waals surface area contributed by atoms with E-state index >= 15 is 0 Å². The summed E-state index contributed by atoms with van der Waals surface area (Å²) in [5.41, 5.74) is 1.28. The lowest BCUT2D eigenvalue weighted by Crippen LogP contribution is -2.53. The van der Waals surface area contributed by atoms with Crippen LogP contribution in [0, 0.1) is 5.82 Å². The Morgan fingerprint density at radius 3 is 2.78 bits per heavy atom. The zero-order valence-corrected chi connectivity index (χ0v) is 12.7. The summed E-state index contributed by atoms with van der Waals surface area (Å²) in [4.78, 5) is 15.8. The van der Waals surface area contributed by atoms with Crippen LogP contribution in [0.1, 0.15) is 24.5 Å². The first-order valence-electron chi connectivity index (χ1n) is 7.40. The fourth-order valence-electron chi connectivity index (χ4n) is 2.58. The molecule has 0 amide bonds. The molecule has 1 aliphatic heterocycles. The van der Waals surface area contributed by atoms with Gasteiger partial charge in [0, 0.05) is 6.20 Å². The highest BCUT2D eigenvalue weighted by Crippen LogP contribution is 2.33. The van der Waals surface area contributed by atoms with Crippen LogP contribution in [0.2, 0.25) is 0 Å². The Labute approximate surface area is 133 Å². The number of aliphatic carboxylic acids is 1. The third-order valence-electron chi connectivity index (χ3n) is 4.07. The number of ether oxygens (including phenoxy) is 1. The maximum atomic E-state index is 13.0. The molecule has 120 valence electrons. The van der Waals surface area contributed by atoms with Gasteiger partial charge in [-0.2, -0.15) is 0 Å². The Hall–Kier alpha value is -2.63. The topological polar surface area (TPSA) is 71.5 Å². The minimum atomic E-state index is -1.14. The maximum absolute atomic E-state index is 13.0. The number of carboxylic acid groups (broad SMARTS) is 1. The number of nitrogens with one attached hydrogen (secondary N) is 1. The molecule has 1 atom stereocenters. The summed E-state index contributed by atoms with van der Waals surface area (Å²) < 4.78 is 18.5. The van der Waals surface area contributed by atoms with Crippen molar-refractivity contribution in [3.8, 4) is 5.88 Å². The molecule has 0 fully saturated rings. The third-order valence-corrected chi connectivity index (χ3v) is 4.07. The number of carboxylic acids is 1. The second-order valence-corrected chi connectivity index (χ2v) is 5.65. The molecule has 0 radical (unpaired) electrons. The normalized spacial score (nSPS) is 19.4. The molecule has 2 N–H and O–H groups in total. The summed E-state index contributed by atoms with van der Waals surface area (Å²) >= 11 is 0. The minimum absolute atomic E-state index is 0.0378. The van der Waals surface area contributed by atoms with E-state index in [0.29, 0.717) is 24.4 Å². The molecule has 0 unspecified atom stereocenters. The predicted octanol–water partition coefficient (Wildman–Crippen LogP) is 2.85. The van der Waals surface area contributed by atoms with E-state index in [1.807, 2.05) is 6.07 Å². The van der Waals surface area contributed by atoms with Gasteiger partial charge in [0.15, 0.2) is 5.54 Å². The Bertz CT molecular complexity index is 733. The molecule has 1 aromatic carbocycles. The highest BCUT2D eigenvalue weighted by molar-refractivity contribution is 5.84. The lowest BCUT2D eigenvalue weighted by Gasteiger charge is -2.34. The zero-order valence-electron chi connectivity index (χ0n) is 12.7. The van der Waals surface area contributed by atoms with Crippen molar-refractivity contribution in [2.75, 3.05) is 11.9 Å². The number of benzene rings is 1. The van der Waals surface area contributed by atoms with E-state index in [1.165, 1.54) is 12.1 Å². The molecule has 2 heterocycles. The third kappa shape index (κ3) is 2.97. The van der Waals surface area contributed by atoms with Crippen molar-refractivity contribution in [1.29, 1.82) is 0 Å². The van der Waals surface area contributed by atoms with Crippen molar-refractivity contribution in [2.24, 2.45) is 0 Å². The first-order chi connectivity index (χ1) is 11.0. The monoisotopic (exact) mass is 316 g/mol. The molecule has 0 aliphatic carbocycles. The van der Waals surface area contributed by atoms with Gasteiger partial charge in [-0.3, -0.25) is 0 Å². The van der Waals surface area contributed by atoms with Crippen LogP contribution in [0.3, 0.4) is 0 Å². The van der Waals surface area contributed by atoms with E-state index in [-0.39, 0.29) is 12.4 Å². The van der Waals surface area contributed by atoms with Crippen molar-refractivity contribution in [2.45, 2.75) is 25.3 Å². The van der Waals surface area contributed by atoms with Crippen LogP contribution in [0.4, 0.5) is 10.1 Å². The van der Waals surface area contributed by atoms with E-state index in [1.54, 1.807) is 25.3 Å². The van der Waals surface area contributed by atoms with Gasteiger partial charge >= 0.3 is 5.97 Å². The summed E-state index contributed by atoms with van der Waals surface area (Å²) in [5.74, 6) is -0.825. The van der Waals surface area contributed by atoms with Gasteiger partial charge in [0.25, 0.3) is 0 Å². The maximum Gasteiger partial charge on any atom is 0.332 e. The molecule has 23 heavy (non-hydrogen) atoms. The highest BCUT2D eigenvalue weighted by atomic mass is 19.1. The average molecular weight is 316 g/mol. The second kappa shape index (κ2) is 5.87. The van der Waals surface area contributed by atoms with Gasteiger partial charge in [-0.25, -0.2) is 14.2 Å². The van der Waals surface area contributed by atoms with Crippen molar-refractivity contribution in [3.05, 3.63) is 53.5 Å². The van der Waals surface area contributed by atoms with E-state index < -0.39 is 11.5 Å². The number of fused-ring (bicyclic) bond motifs is 1. The standard InChI is InChI=1S/C17H17FN2O3/c1-2-17(16(21)22)10-23-15-14(20-17)8-12(9-19-15)7-11-3-5-13(18)6-4-11/h3-6,8-9,20H,2,7,10H2,1H3,(H,21,22)/t17-/m0/s1. The average Bonchev–Trinajstić information content (AvgIpc) is 2.56. The van der Waals surface area contributed by atoms with Crippen LogP contribution in [0.25, 0.3) is 0 Å². The van der Waals surface area contributed by atoms with E-state index in [0.717, 1.165) is 11.1 Å². The molecule has 1 aromatic heterocycles. The van der Waals surface area contributed by atoms with Gasteiger partial charge < -0.3 is 15.2 Å². The zero-order chi connectivity index (χ0) is 16.4. The van der Waals surface area contributed by atoms with E-state index in [4.69, 9.17) is 4.74 Å². The molecule has 0 spiro atoms. The molecular weight excluding hydrogens is 299 g/mol. The number of hydrogen-bond donors (Lipinski definition) is 2. The molecule has 6 heteroatoms. The number of carbonyl (C=O) groups is 1. The first-order valence-corrected chi connectivity index (χ1v) is 7.40. The van der Waals surface area contributed by atoms with Crippen LogP contribution >= 0.6 is 0 Å². The SMILES string of the molecule is CC[C@@]1(C(=O)O)COc2ncc(Cc3ccc(F)cc3)cc2N1. The van der Waals surface area contributed by atoms with Crippen LogP contribution in [-0.4, -0.2) is 28.2 Å². The Balaban J connectivity index is 1.85. The Morgan fingerprint density at radius 2 is 2.13 bits per heavy atom. The molecule has 0 bridgehead atoms. The molecule has 5 nitrogen and oxygen atoms in total. The van der Waals surface area contributed by atoms with Gasteiger partial charge in [0.05, 0.1) is 5.69 Å². The molecule has 3 rings (SSSR count). The molecule has 0 saturated heterocycles. The van der Waals surface area contributed by atoms with Crippen LogP contribution < -0.4 is 10.1 Å². The summed E-state index contributed by atoms with van der Waals surface area (Å²) in [5, 5.41) is 12.5. The summed E-state index contributed by atoms with van der Waals surface area (Å²) in [6, 6.07) is 8.08. The number of nitrogens with zero attached hydrogens (tertiary/aromatic N) is 1. The van der Waals surface area contributed by atoms with Crippen molar-refractivity contribution in [3.63, 3.8) is 0 Å². The number of halogens is 1. The van der Waals surface area contributed by atoms with E-state index in [9.17, 15) is 14.3 Å². The number of pyridine rings is 1. The van der Waals surface area contributed by atoms with Crippen molar-refractivity contribution < 1.29 is 19.0 Å². The van der Waals surface area contributed by atoms with Gasteiger partial charge in [0.2, 0.25) is 5.88 Å². The first kappa shape index (κ1) is 15.3. The molecule has 2 aromatic rings. The lowest BCUT2D eigenvalue weighted by molar-refractivity contribution is -0.143. The summed E-state index contributed by atoms with van der Waals surface area (Å²) in [6.07, 6.45) is 2.65. The second-order valence-electron chi connectivity index (χ2n) is 5.65. The lowest BCUT2D eigenvalue weighted by atomic mass is 9.95. The van der Waals surface area contributed by atoms with Crippen molar-refractivity contribution >= 4 is 11.7 Å². The van der Waals surface area contributed by atoms with E-state index in [2.05, 4.69) is 10.3 Å². The largest absolute Gasteiger partial charge is 0.479 e. The quantitative estimate of drug-likeness (QED) is 0.907. The summed E-state index contributed by atoms with van der Waals surface area (Å²) in [7, 11) is 0. The fourth-order valence-corrected chi connectivity index (χ4v) is 2.58. The van der Waals surface area contributed by atoms with Gasteiger partial charge in [-0.15, -0.1) is 0 Å². The van der Waals surface area contributed by atoms with Crippen LogP contribution in [-0.2, 0) is 11.2 Å². The number of anilines is 1. The molecule has 1 aliphatic rings. The van der Waals surface area contributed by atoms with Crippen LogP contribution in [0.5, 0.6) is 5.88 Å². The van der Waals surface area contributed by atoms with Crippen molar-refractivity contribution in [1.82, 2.24) is 4.98 Å². The Kier molecular flexibility index (Phi) is 3.90. The highest BCUT2D eigenvalue weighted by Gasteiger charge is 2.41. The smallest absolute Gasteiger partial charge is 0.332 e. The number of hydrogen-bond acceptors (Lipinski definition) is 4. The Morgan fingerprint density at radius 1 is 1.39 bits per heavy atom. The molecule has 0 saturated carbocycles.